The molecule has 1 aliphatic rings. The van der Waals surface area contributed by atoms with E-state index in [4.69, 9.17) is 4.74 Å². The molecule has 1 amide bonds. The zero-order valence-corrected chi connectivity index (χ0v) is 11.6. The van der Waals surface area contributed by atoms with Gasteiger partial charge in [0.2, 0.25) is 0 Å². The van der Waals surface area contributed by atoms with Gasteiger partial charge in [0.25, 0.3) is 5.91 Å². The molecular weight excluding hydrogens is 242 g/mol. The molecule has 0 aliphatic carbocycles. The second kappa shape index (κ2) is 5.72. The van der Waals surface area contributed by atoms with Crippen molar-refractivity contribution in [1.82, 2.24) is 4.90 Å². The number of carbonyl (C=O) groups excluding carboxylic acids is 1. The van der Waals surface area contributed by atoms with Crippen LogP contribution in [-0.2, 0) is 11.3 Å². The number of nitrogens with zero attached hydrogens (tertiary/aromatic N) is 1. The lowest BCUT2D eigenvalue weighted by molar-refractivity contribution is -0.00202. The van der Waals surface area contributed by atoms with Gasteiger partial charge in [-0.3, -0.25) is 4.79 Å². The van der Waals surface area contributed by atoms with Gasteiger partial charge in [0.15, 0.2) is 0 Å². The highest BCUT2D eigenvalue weighted by Crippen LogP contribution is 2.22. The summed E-state index contributed by atoms with van der Waals surface area (Å²) in [7, 11) is 1.65. The molecule has 19 heavy (non-hydrogen) atoms. The van der Waals surface area contributed by atoms with E-state index in [1.165, 1.54) is 0 Å². The lowest BCUT2D eigenvalue weighted by Gasteiger charge is -2.35. The Labute approximate surface area is 114 Å². The van der Waals surface area contributed by atoms with Crippen molar-refractivity contribution in [1.29, 1.82) is 0 Å². The molecule has 1 aromatic carbocycles. The molecule has 0 bridgehead atoms. The molecule has 1 aliphatic heterocycles. The van der Waals surface area contributed by atoms with Crippen molar-refractivity contribution < 1.29 is 14.6 Å². The molecule has 2 rings (SSSR count). The third-order valence-corrected chi connectivity index (χ3v) is 3.64. The van der Waals surface area contributed by atoms with Gasteiger partial charge in [0.1, 0.15) is 0 Å². The van der Waals surface area contributed by atoms with Crippen LogP contribution in [-0.4, -0.2) is 41.7 Å². The smallest absolute Gasteiger partial charge is 0.253 e. The van der Waals surface area contributed by atoms with Crippen LogP contribution in [0.3, 0.4) is 0 Å². The number of ether oxygens (including phenoxy) is 1. The zero-order chi connectivity index (χ0) is 13.9. The summed E-state index contributed by atoms with van der Waals surface area (Å²) >= 11 is 0. The van der Waals surface area contributed by atoms with E-state index >= 15 is 0 Å². The summed E-state index contributed by atoms with van der Waals surface area (Å²) in [5.41, 5.74) is 1.13. The first-order valence-corrected chi connectivity index (χ1v) is 6.61. The fourth-order valence-electron chi connectivity index (χ4n) is 2.28. The second-order valence-corrected chi connectivity index (χ2v) is 5.42. The number of amides is 1. The summed E-state index contributed by atoms with van der Waals surface area (Å²) in [6.07, 6.45) is 1.28. The minimum atomic E-state index is -0.626. The Morgan fingerprint density at radius 3 is 2.42 bits per heavy atom. The lowest BCUT2D eigenvalue weighted by atomic mass is 9.93. The van der Waals surface area contributed by atoms with E-state index in [0.29, 0.717) is 38.1 Å². The molecule has 0 unspecified atom stereocenters. The molecule has 1 N–H and O–H groups in total. The van der Waals surface area contributed by atoms with Crippen molar-refractivity contribution in [2.45, 2.75) is 32.0 Å². The Kier molecular flexibility index (Phi) is 4.22. The number of methoxy groups -OCH3 is 1. The fraction of sp³-hybridized carbons (Fsp3) is 0.533. The van der Waals surface area contributed by atoms with Crippen LogP contribution in [0.15, 0.2) is 24.3 Å². The molecule has 0 saturated carbocycles. The molecule has 104 valence electrons. The number of benzene rings is 1. The van der Waals surface area contributed by atoms with Crippen LogP contribution in [0.2, 0.25) is 0 Å². The SMILES string of the molecule is COCc1ccc(C(=O)N2CCC(C)(O)CC2)cc1. The van der Waals surface area contributed by atoms with Gasteiger partial charge < -0.3 is 14.7 Å². The molecule has 1 saturated heterocycles. The first-order chi connectivity index (χ1) is 9.02. The number of rotatable bonds is 3. The molecule has 1 aromatic rings. The molecular formula is C15H21NO3. The second-order valence-electron chi connectivity index (χ2n) is 5.42. The summed E-state index contributed by atoms with van der Waals surface area (Å²) in [5, 5.41) is 9.89. The zero-order valence-electron chi connectivity index (χ0n) is 11.6. The minimum absolute atomic E-state index is 0.0412. The summed E-state index contributed by atoms with van der Waals surface area (Å²) in [6.45, 7) is 3.62. The van der Waals surface area contributed by atoms with Crippen LogP contribution in [0.1, 0.15) is 35.7 Å². The van der Waals surface area contributed by atoms with Gasteiger partial charge in [-0.1, -0.05) is 12.1 Å². The molecule has 1 fully saturated rings. The van der Waals surface area contributed by atoms with E-state index in [0.717, 1.165) is 5.56 Å². The molecule has 0 radical (unpaired) electrons. The van der Waals surface area contributed by atoms with Crippen LogP contribution in [0.25, 0.3) is 0 Å². The van der Waals surface area contributed by atoms with E-state index < -0.39 is 5.60 Å². The Bertz CT molecular complexity index is 429. The van der Waals surface area contributed by atoms with E-state index in [-0.39, 0.29) is 5.91 Å². The van der Waals surface area contributed by atoms with Gasteiger partial charge in [-0.05, 0) is 37.5 Å². The van der Waals surface area contributed by atoms with Gasteiger partial charge in [-0.2, -0.15) is 0 Å². The predicted octanol–water partition coefficient (Wildman–Crippen LogP) is 1.82. The number of likely N-dealkylation sites (tertiary alicyclic amines) is 1. The van der Waals surface area contributed by atoms with Crippen molar-refractivity contribution in [3.05, 3.63) is 35.4 Å². The fourth-order valence-corrected chi connectivity index (χ4v) is 2.28. The normalized spacial score (nSPS) is 18.4. The number of piperidine rings is 1. The van der Waals surface area contributed by atoms with E-state index in [1.807, 2.05) is 36.1 Å². The minimum Gasteiger partial charge on any atom is -0.390 e. The van der Waals surface area contributed by atoms with E-state index in [9.17, 15) is 9.90 Å². The van der Waals surface area contributed by atoms with Crippen molar-refractivity contribution in [2.75, 3.05) is 20.2 Å². The maximum absolute atomic E-state index is 12.3. The highest BCUT2D eigenvalue weighted by molar-refractivity contribution is 5.94. The average Bonchev–Trinajstić information content (AvgIpc) is 2.39. The molecule has 4 heteroatoms. The monoisotopic (exact) mass is 263 g/mol. The number of aliphatic hydroxyl groups is 1. The highest BCUT2D eigenvalue weighted by Gasteiger charge is 2.29. The Balaban J connectivity index is 2.00. The van der Waals surface area contributed by atoms with Gasteiger partial charge >= 0.3 is 0 Å². The van der Waals surface area contributed by atoms with Crippen LogP contribution in [0.4, 0.5) is 0 Å². The third-order valence-electron chi connectivity index (χ3n) is 3.64. The molecule has 1 heterocycles. The maximum atomic E-state index is 12.3. The van der Waals surface area contributed by atoms with Crippen LogP contribution in [0.5, 0.6) is 0 Å². The van der Waals surface area contributed by atoms with Crippen LogP contribution in [0, 0.1) is 0 Å². The highest BCUT2D eigenvalue weighted by atomic mass is 16.5. The van der Waals surface area contributed by atoms with Crippen LogP contribution >= 0.6 is 0 Å². The largest absolute Gasteiger partial charge is 0.390 e. The van der Waals surface area contributed by atoms with Gasteiger partial charge in [0, 0.05) is 25.8 Å². The Morgan fingerprint density at radius 1 is 1.32 bits per heavy atom. The molecule has 0 spiro atoms. The predicted molar refractivity (Wildman–Crippen MR) is 72.9 cm³/mol. The molecule has 0 aromatic heterocycles. The van der Waals surface area contributed by atoms with Gasteiger partial charge in [0.05, 0.1) is 12.2 Å². The maximum Gasteiger partial charge on any atom is 0.253 e. The first-order valence-electron chi connectivity index (χ1n) is 6.61. The van der Waals surface area contributed by atoms with E-state index in [1.54, 1.807) is 7.11 Å². The first kappa shape index (κ1) is 14.0. The summed E-state index contributed by atoms with van der Waals surface area (Å²) in [5.74, 6) is 0.0412. The van der Waals surface area contributed by atoms with E-state index in [2.05, 4.69) is 0 Å². The van der Waals surface area contributed by atoms with Gasteiger partial charge in [-0.15, -0.1) is 0 Å². The van der Waals surface area contributed by atoms with Crippen molar-refractivity contribution in [3.63, 3.8) is 0 Å². The third kappa shape index (κ3) is 3.55. The number of hydrogen-bond donors (Lipinski definition) is 1. The number of hydrogen-bond acceptors (Lipinski definition) is 3. The summed E-state index contributed by atoms with van der Waals surface area (Å²) < 4.78 is 5.04. The standard InChI is InChI=1S/C15H21NO3/c1-15(18)7-9-16(10-8-15)14(17)13-5-3-12(4-6-13)11-19-2/h3-6,18H,7-11H2,1-2H3. The van der Waals surface area contributed by atoms with Crippen molar-refractivity contribution in [2.24, 2.45) is 0 Å². The quantitative estimate of drug-likeness (QED) is 0.905. The lowest BCUT2D eigenvalue weighted by Crippen LogP contribution is -2.45. The molecule has 4 nitrogen and oxygen atoms in total. The van der Waals surface area contributed by atoms with Gasteiger partial charge in [-0.25, -0.2) is 0 Å². The Morgan fingerprint density at radius 2 is 1.89 bits per heavy atom. The summed E-state index contributed by atoms with van der Waals surface area (Å²) in [4.78, 5) is 14.1. The summed E-state index contributed by atoms with van der Waals surface area (Å²) in [6, 6.07) is 7.50. The van der Waals surface area contributed by atoms with Crippen LogP contribution < -0.4 is 0 Å². The molecule has 0 atom stereocenters. The van der Waals surface area contributed by atoms with Crippen molar-refractivity contribution >= 4 is 5.91 Å². The Hall–Kier alpha value is -1.39. The topological polar surface area (TPSA) is 49.8 Å². The van der Waals surface area contributed by atoms with Crippen molar-refractivity contribution in [3.8, 4) is 0 Å². The average molecular weight is 263 g/mol. The number of carbonyl (C=O) groups is 1.